The van der Waals surface area contributed by atoms with Gasteiger partial charge in [0.2, 0.25) is 0 Å². The van der Waals surface area contributed by atoms with Gasteiger partial charge in [0.25, 0.3) is 0 Å². The Hall–Kier alpha value is -0.780. The summed E-state index contributed by atoms with van der Waals surface area (Å²) in [6.07, 6.45) is 0.995. The first kappa shape index (κ1) is 15.1. The second-order valence-electron chi connectivity index (χ2n) is 5.12. The fraction of sp³-hybridized carbons (Fsp3) is 0.294. The summed E-state index contributed by atoms with van der Waals surface area (Å²) in [7, 11) is 0. The van der Waals surface area contributed by atoms with Crippen LogP contribution in [0.3, 0.4) is 0 Å². The highest BCUT2D eigenvalue weighted by Crippen LogP contribution is 2.33. The van der Waals surface area contributed by atoms with Gasteiger partial charge < -0.3 is 10.1 Å². The Bertz CT molecular complexity index is 659. The Morgan fingerprint density at radius 3 is 2.95 bits per heavy atom. The third-order valence-corrected chi connectivity index (χ3v) is 4.94. The minimum absolute atomic E-state index is 0.159. The number of halogens is 2. The van der Waals surface area contributed by atoms with Gasteiger partial charge in [-0.25, -0.2) is 0 Å². The van der Waals surface area contributed by atoms with E-state index in [0.717, 1.165) is 30.3 Å². The molecule has 2 aromatic rings. The predicted molar refractivity (Wildman–Crippen MR) is 95.3 cm³/mol. The van der Waals surface area contributed by atoms with E-state index in [1.165, 1.54) is 20.3 Å². The van der Waals surface area contributed by atoms with Gasteiger partial charge in [-0.1, -0.05) is 30.7 Å². The van der Waals surface area contributed by atoms with E-state index in [2.05, 4.69) is 65.2 Å². The molecule has 4 heteroatoms. The standard InChI is InChI=1S/C17H17ClINO/c1-2-20-17(14-10-13(18)4-5-15(14)19)12-3-6-16-11(9-12)7-8-21-16/h3-6,9-10,17,20H,2,7-8H2,1H3. The molecule has 0 saturated heterocycles. The highest BCUT2D eigenvalue weighted by Gasteiger charge is 2.19. The zero-order chi connectivity index (χ0) is 14.8. The van der Waals surface area contributed by atoms with E-state index in [4.69, 9.17) is 16.3 Å². The lowest BCUT2D eigenvalue weighted by Crippen LogP contribution is -2.23. The van der Waals surface area contributed by atoms with Gasteiger partial charge in [-0.2, -0.15) is 0 Å². The molecule has 0 spiro atoms. The number of hydrogen-bond acceptors (Lipinski definition) is 2. The van der Waals surface area contributed by atoms with Crippen LogP contribution in [0.2, 0.25) is 5.02 Å². The molecule has 0 fully saturated rings. The first-order valence-electron chi connectivity index (χ1n) is 7.13. The van der Waals surface area contributed by atoms with E-state index in [9.17, 15) is 0 Å². The van der Waals surface area contributed by atoms with Crippen molar-refractivity contribution in [1.82, 2.24) is 5.32 Å². The van der Waals surface area contributed by atoms with Gasteiger partial charge in [0, 0.05) is 15.0 Å². The first-order valence-corrected chi connectivity index (χ1v) is 8.58. The molecule has 1 atom stereocenters. The maximum Gasteiger partial charge on any atom is 0.122 e. The lowest BCUT2D eigenvalue weighted by atomic mass is 9.96. The zero-order valence-corrected chi connectivity index (χ0v) is 14.7. The Morgan fingerprint density at radius 2 is 2.14 bits per heavy atom. The molecule has 1 unspecified atom stereocenters. The number of ether oxygens (including phenoxy) is 1. The Labute approximate surface area is 144 Å². The summed E-state index contributed by atoms with van der Waals surface area (Å²) in [6.45, 7) is 3.82. The number of nitrogens with one attached hydrogen (secondary N) is 1. The number of benzene rings is 2. The number of rotatable bonds is 4. The van der Waals surface area contributed by atoms with Gasteiger partial charge in [-0.15, -0.1) is 0 Å². The van der Waals surface area contributed by atoms with Crippen molar-refractivity contribution in [3.63, 3.8) is 0 Å². The molecule has 0 aromatic heterocycles. The Kier molecular flexibility index (Phi) is 4.72. The Balaban J connectivity index is 2.03. The molecule has 3 rings (SSSR count). The molecule has 1 N–H and O–H groups in total. The Morgan fingerprint density at radius 1 is 1.29 bits per heavy atom. The number of fused-ring (bicyclic) bond motifs is 1. The van der Waals surface area contributed by atoms with Crippen molar-refractivity contribution in [2.75, 3.05) is 13.2 Å². The van der Waals surface area contributed by atoms with E-state index in [0.29, 0.717) is 0 Å². The summed E-state index contributed by atoms with van der Waals surface area (Å²) in [5.41, 5.74) is 3.79. The fourth-order valence-corrected chi connectivity index (χ4v) is 3.56. The summed E-state index contributed by atoms with van der Waals surface area (Å²) in [4.78, 5) is 0. The fourth-order valence-electron chi connectivity index (χ4n) is 2.73. The molecule has 21 heavy (non-hydrogen) atoms. The monoisotopic (exact) mass is 413 g/mol. The maximum absolute atomic E-state index is 6.19. The summed E-state index contributed by atoms with van der Waals surface area (Å²) in [5, 5.41) is 4.35. The molecule has 0 saturated carbocycles. The van der Waals surface area contributed by atoms with Crippen LogP contribution in [0.25, 0.3) is 0 Å². The van der Waals surface area contributed by atoms with Crippen molar-refractivity contribution < 1.29 is 4.74 Å². The summed E-state index contributed by atoms with van der Waals surface area (Å²) < 4.78 is 6.82. The lowest BCUT2D eigenvalue weighted by molar-refractivity contribution is 0.357. The maximum atomic E-state index is 6.19. The van der Waals surface area contributed by atoms with Crippen molar-refractivity contribution in [2.24, 2.45) is 0 Å². The van der Waals surface area contributed by atoms with Crippen LogP contribution in [0.15, 0.2) is 36.4 Å². The van der Waals surface area contributed by atoms with Gasteiger partial charge in [-0.3, -0.25) is 0 Å². The second kappa shape index (κ2) is 6.55. The van der Waals surface area contributed by atoms with Crippen molar-refractivity contribution in [3.05, 3.63) is 61.7 Å². The summed E-state index contributed by atoms with van der Waals surface area (Å²) >= 11 is 8.56. The van der Waals surface area contributed by atoms with Gasteiger partial charge in [-0.05, 0) is 70.1 Å². The third-order valence-electron chi connectivity index (χ3n) is 3.72. The lowest BCUT2D eigenvalue weighted by Gasteiger charge is -2.21. The molecule has 0 amide bonds. The minimum atomic E-state index is 0.159. The van der Waals surface area contributed by atoms with Crippen molar-refractivity contribution in [3.8, 4) is 5.75 Å². The van der Waals surface area contributed by atoms with Crippen molar-refractivity contribution >= 4 is 34.2 Å². The van der Waals surface area contributed by atoms with Crippen LogP contribution in [0.1, 0.15) is 29.7 Å². The van der Waals surface area contributed by atoms with Crippen LogP contribution in [0, 0.1) is 3.57 Å². The topological polar surface area (TPSA) is 21.3 Å². The van der Waals surface area contributed by atoms with Crippen LogP contribution in [-0.4, -0.2) is 13.2 Å². The minimum Gasteiger partial charge on any atom is -0.493 e. The number of hydrogen-bond donors (Lipinski definition) is 1. The normalized spacial score (nSPS) is 14.6. The first-order chi connectivity index (χ1) is 10.2. The highest BCUT2D eigenvalue weighted by atomic mass is 127. The van der Waals surface area contributed by atoms with Crippen LogP contribution >= 0.6 is 34.2 Å². The van der Waals surface area contributed by atoms with Crippen LogP contribution in [0.4, 0.5) is 0 Å². The molecule has 1 aliphatic heterocycles. The molecule has 2 nitrogen and oxygen atoms in total. The third kappa shape index (κ3) is 3.20. The van der Waals surface area contributed by atoms with Crippen molar-refractivity contribution in [2.45, 2.75) is 19.4 Å². The highest BCUT2D eigenvalue weighted by molar-refractivity contribution is 14.1. The largest absolute Gasteiger partial charge is 0.493 e. The molecule has 0 radical (unpaired) electrons. The molecule has 110 valence electrons. The van der Waals surface area contributed by atoms with Crippen LogP contribution in [-0.2, 0) is 6.42 Å². The van der Waals surface area contributed by atoms with E-state index in [-0.39, 0.29) is 6.04 Å². The molecule has 2 aromatic carbocycles. The van der Waals surface area contributed by atoms with Gasteiger partial charge in [0.15, 0.2) is 0 Å². The van der Waals surface area contributed by atoms with E-state index in [1.54, 1.807) is 0 Å². The average Bonchev–Trinajstić information content (AvgIpc) is 2.95. The molecule has 0 bridgehead atoms. The molecule has 1 heterocycles. The van der Waals surface area contributed by atoms with E-state index in [1.807, 2.05) is 6.07 Å². The second-order valence-corrected chi connectivity index (χ2v) is 6.72. The van der Waals surface area contributed by atoms with E-state index >= 15 is 0 Å². The summed E-state index contributed by atoms with van der Waals surface area (Å²) in [5.74, 6) is 1.02. The molecule has 1 aliphatic rings. The van der Waals surface area contributed by atoms with Crippen molar-refractivity contribution in [1.29, 1.82) is 0 Å². The van der Waals surface area contributed by atoms with Gasteiger partial charge >= 0.3 is 0 Å². The molecule has 0 aliphatic carbocycles. The quantitative estimate of drug-likeness (QED) is 0.741. The zero-order valence-electron chi connectivity index (χ0n) is 11.8. The van der Waals surface area contributed by atoms with Crippen LogP contribution in [0.5, 0.6) is 5.75 Å². The van der Waals surface area contributed by atoms with Gasteiger partial charge in [0.1, 0.15) is 5.75 Å². The SMILES string of the molecule is CCNC(c1ccc2c(c1)CCO2)c1cc(Cl)ccc1I. The van der Waals surface area contributed by atoms with E-state index < -0.39 is 0 Å². The molecular weight excluding hydrogens is 397 g/mol. The predicted octanol–water partition coefficient (Wildman–Crippen LogP) is 4.58. The van der Waals surface area contributed by atoms with Crippen LogP contribution < -0.4 is 10.1 Å². The molecular formula is C17H17ClINO. The summed E-state index contributed by atoms with van der Waals surface area (Å²) in [6, 6.07) is 12.7. The smallest absolute Gasteiger partial charge is 0.122 e. The van der Waals surface area contributed by atoms with Gasteiger partial charge in [0.05, 0.1) is 12.6 Å². The average molecular weight is 414 g/mol.